The number of aliphatic hydroxyl groups is 1. The van der Waals surface area contributed by atoms with Gasteiger partial charge in [-0.05, 0) is 13.8 Å². The van der Waals surface area contributed by atoms with E-state index in [1.807, 2.05) is 6.07 Å². The average molecular weight is 168 g/mol. The van der Waals surface area contributed by atoms with E-state index in [-0.39, 0.29) is 18.9 Å². The van der Waals surface area contributed by atoms with Crippen molar-refractivity contribution in [3.63, 3.8) is 0 Å². The molecule has 0 saturated heterocycles. The van der Waals surface area contributed by atoms with Gasteiger partial charge in [0.2, 0.25) is 0 Å². The minimum absolute atomic E-state index is 0.0621. The molecule has 0 rings (SSSR count). The lowest BCUT2D eigenvalue weighted by molar-refractivity contribution is -0.117. The van der Waals surface area contributed by atoms with Crippen molar-refractivity contribution in [1.29, 1.82) is 5.26 Å². The van der Waals surface area contributed by atoms with Gasteiger partial charge in [0.05, 0.1) is 19.2 Å². The predicted molar refractivity (Wildman–Crippen MR) is 44.8 cm³/mol. The summed E-state index contributed by atoms with van der Waals surface area (Å²) in [5.41, 5.74) is 0.471. The molecule has 0 aromatic heterocycles. The van der Waals surface area contributed by atoms with E-state index in [1.165, 1.54) is 6.92 Å². The first-order chi connectivity index (χ1) is 5.63. The van der Waals surface area contributed by atoms with Crippen molar-refractivity contribution in [2.24, 2.45) is 10.9 Å². The van der Waals surface area contributed by atoms with Crippen LogP contribution in [0.5, 0.6) is 0 Å². The highest BCUT2D eigenvalue weighted by atomic mass is 16.3. The third-order valence-electron chi connectivity index (χ3n) is 1.41. The lowest BCUT2D eigenvalue weighted by Crippen LogP contribution is -2.18. The summed E-state index contributed by atoms with van der Waals surface area (Å²) >= 11 is 0. The van der Waals surface area contributed by atoms with Crippen LogP contribution in [0.15, 0.2) is 4.99 Å². The minimum Gasteiger partial charge on any atom is -0.394 e. The number of rotatable bonds is 4. The summed E-state index contributed by atoms with van der Waals surface area (Å²) < 4.78 is 0. The number of Topliss-reactive ketones (excluding diaryl/α,β-unsaturated/α-hetero) is 1. The molecule has 0 aliphatic carbocycles. The van der Waals surface area contributed by atoms with Crippen molar-refractivity contribution >= 4 is 11.5 Å². The van der Waals surface area contributed by atoms with Crippen molar-refractivity contribution in [2.75, 3.05) is 13.2 Å². The molecular formula is C8H12N2O2. The number of carbonyl (C=O) groups excluding carboxylic acids is 1. The fourth-order valence-electron chi connectivity index (χ4n) is 0.796. The van der Waals surface area contributed by atoms with E-state index in [2.05, 4.69) is 4.99 Å². The Morgan fingerprint density at radius 3 is 2.58 bits per heavy atom. The van der Waals surface area contributed by atoms with E-state index in [9.17, 15) is 4.79 Å². The van der Waals surface area contributed by atoms with Crippen LogP contribution in [0.1, 0.15) is 13.8 Å². The van der Waals surface area contributed by atoms with Crippen molar-refractivity contribution in [3.8, 4) is 6.07 Å². The number of hydrogen-bond donors (Lipinski definition) is 1. The van der Waals surface area contributed by atoms with Crippen LogP contribution in [0.25, 0.3) is 0 Å². The van der Waals surface area contributed by atoms with Crippen molar-refractivity contribution in [3.05, 3.63) is 0 Å². The van der Waals surface area contributed by atoms with Crippen LogP contribution in [-0.4, -0.2) is 29.8 Å². The molecule has 0 heterocycles. The van der Waals surface area contributed by atoms with Gasteiger partial charge in [0.1, 0.15) is 5.92 Å². The molecule has 4 heteroatoms. The Morgan fingerprint density at radius 1 is 1.67 bits per heavy atom. The first-order valence-electron chi connectivity index (χ1n) is 3.65. The normalized spacial score (nSPS) is 13.7. The smallest absolute Gasteiger partial charge is 0.152 e. The van der Waals surface area contributed by atoms with E-state index in [1.54, 1.807) is 6.92 Å². The average Bonchev–Trinajstić information content (AvgIpc) is 2.01. The van der Waals surface area contributed by atoms with E-state index in [0.717, 1.165) is 0 Å². The number of aliphatic hydroxyl groups excluding tert-OH is 1. The topological polar surface area (TPSA) is 73.5 Å². The summed E-state index contributed by atoms with van der Waals surface area (Å²) in [7, 11) is 0. The predicted octanol–water partition coefficient (Wildman–Crippen LogP) is 0.168. The summed E-state index contributed by atoms with van der Waals surface area (Å²) in [5, 5.41) is 17.0. The molecule has 66 valence electrons. The molecule has 0 aromatic rings. The molecule has 1 N–H and O–H groups in total. The van der Waals surface area contributed by atoms with E-state index in [4.69, 9.17) is 10.4 Å². The van der Waals surface area contributed by atoms with Crippen LogP contribution in [0, 0.1) is 17.2 Å². The van der Waals surface area contributed by atoms with Gasteiger partial charge < -0.3 is 5.11 Å². The molecule has 0 fully saturated rings. The van der Waals surface area contributed by atoms with Gasteiger partial charge in [-0.1, -0.05) is 0 Å². The lowest BCUT2D eigenvalue weighted by atomic mass is 10.0. The number of nitriles is 1. The molecule has 1 unspecified atom stereocenters. The molecule has 0 radical (unpaired) electrons. The maximum Gasteiger partial charge on any atom is 0.152 e. The number of carbonyl (C=O) groups is 1. The van der Waals surface area contributed by atoms with Gasteiger partial charge in [-0.3, -0.25) is 9.79 Å². The highest BCUT2D eigenvalue weighted by molar-refractivity contribution is 6.05. The van der Waals surface area contributed by atoms with Crippen LogP contribution < -0.4 is 0 Å². The maximum atomic E-state index is 10.8. The minimum atomic E-state index is -0.753. The molecule has 0 amide bonds. The fraction of sp³-hybridized carbons (Fsp3) is 0.625. The standard InChI is InChI=1S/C8H12N2O2/c1-6(10-3-4-11)8(5-9)7(2)12/h8,11H,3-4H2,1-2H3. The molecule has 0 spiro atoms. The largest absolute Gasteiger partial charge is 0.394 e. The Labute approximate surface area is 71.5 Å². The molecule has 0 aliphatic rings. The Kier molecular flexibility index (Phi) is 4.89. The van der Waals surface area contributed by atoms with Gasteiger partial charge in [-0.15, -0.1) is 0 Å². The summed E-state index contributed by atoms with van der Waals surface area (Å²) in [6.07, 6.45) is 0. The summed E-state index contributed by atoms with van der Waals surface area (Å²) in [5.74, 6) is -0.965. The summed E-state index contributed by atoms with van der Waals surface area (Å²) in [4.78, 5) is 14.7. The first kappa shape index (κ1) is 10.8. The van der Waals surface area contributed by atoms with Crippen LogP contribution in [0.4, 0.5) is 0 Å². The number of ketones is 1. The van der Waals surface area contributed by atoms with Crippen LogP contribution in [-0.2, 0) is 4.79 Å². The Morgan fingerprint density at radius 2 is 2.25 bits per heavy atom. The van der Waals surface area contributed by atoms with E-state index in [0.29, 0.717) is 5.71 Å². The third kappa shape index (κ3) is 3.26. The Hall–Kier alpha value is -1.21. The fourth-order valence-corrected chi connectivity index (χ4v) is 0.796. The van der Waals surface area contributed by atoms with Crippen LogP contribution in [0.2, 0.25) is 0 Å². The van der Waals surface area contributed by atoms with Gasteiger partial charge >= 0.3 is 0 Å². The zero-order chi connectivity index (χ0) is 9.56. The Bertz CT molecular complexity index is 228. The van der Waals surface area contributed by atoms with Gasteiger partial charge in [0.25, 0.3) is 0 Å². The number of nitrogens with zero attached hydrogens (tertiary/aromatic N) is 2. The number of hydrogen-bond acceptors (Lipinski definition) is 4. The quantitative estimate of drug-likeness (QED) is 0.608. The number of aliphatic imine (C=N–C) groups is 1. The lowest BCUT2D eigenvalue weighted by Gasteiger charge is -2.03. The van der Waals surface area contributed by atoms with E-state index >= 15 is 0 Å². The zero-order valence-corrected chi connectivity index (χ0v) is 7.24. The molecule has 0 bridgehead atoms. The maximum absolute atomic E-state index is 10.8. The first-order valence-corrected chi connectivity index (χ1v) is 3.65. The molecule has 0 aromatic carbocycles. The van der Waals surface area contributed by atoms with Gasteiger partial charge in [-0.2, -0.15) is 5.26 Å². The molecule has 4 nitrogen and oxygen atoms in total. The summed E-state index contributed by atoms with van der Waals surface area (Å²) in [6.45, 7) is 3.15. The molecule has 1 atom stereocenters. The second kappa shape index (κ2) is 5.44. The zero-order valence-electron chi connectivity index (χ0n) is 7.24. The third-order valence-corrected chi connectivity index (χ3v) is 1.41. The van der Waals surface area contributed by atoms with Crippen molar-refractivity contribution in [2.45, 2.75) is 13.8 Å². The van der Waals surface area contributed by atoms with E-state index < -0.39 is 5.92 Å². The molecule has 0 aliphatic heterocycles. The van der Waals surface area contributed by atoms with Gasteiger partial charge in [0, 0.05) is 5.71 Å². The second-order valence-corrected chi connectivity index (χ2v) is 2.42. The van der Waals surface area contributed by atoms with Crippen LogP contribution >= 0.6 is 0 Å². The highest BCUT2D eigenvalue weighted by Crippen LogP contribution is 1.99. The van der Waals surface area contributed by atoms with Crippen molar-refractivity contribution in [1.82, 2.24) is 0 Å². The van der Waals surface area contributed by atoms with Gasteiger partial charge in [-0.25, -0.2) is 0 Å². The monoisotopic (exact) mass is 168 g/mol. The summed E-state index contributed by atoms with van der Waals surface area (Å²) in [6, 6.07) is 1.85. The SMILES string of the molecule is CC(=O)C(C#N)C(C)=NCCO. The van der Waals surface area contributed by atoms with Gasteiger partial charge in [0.15, 0.2) is 5.78 Å². The Balaban J connectivity index is 4.33. The second-order valence-electron chi connectivity index (χ2n) is 2.42. The molecule has 12 heavy (non-hydrogen) atoms. The van der Waals surface area contributed by atoms with Crippen LogP contribution in [0.3, 0.4) is 0 Å². The molecule has 0 saturated carbocycles. The highest BCUT2D eigenvalue weighted by Gasteiger charge is 2.15. The molecular weight excluding hydrogens is 156 g/mol. The van der Waals surface area contributed by atoms with Crippen molar-refractivity contribution < 1.29 is 9.90 Å².